The van der Waals surface area contributed by atoms with E-state index in [0.29, 0.717) is 24.0 Å². The van der Waals surface area contributed by atoms with Gasteiger partial charge in [0, 0.05) is 24.0 Å². The highest BCUT2D eigenvalue weighted by Crippen LogP contribution is 2.12. The second-order valence-corrected chi connectivity index (χ2v) is 6.91. The zero-order chi connectivity index (χ0) is 17.1. The molecule has 24 heavy (non-hydrogen) atoms. The summed E-state index contributed by atoms with van der Waals surface area (Å²) in [4.78, 5) is 33.9. The molecule has 7 heteroatoms. The molecule has 3 aromatic rings. The second kappa shape index (κ2) is 6.92. The Morgan fingerprint density at radius 3 is 2.88 bits per heavy atom. The summed E-state index contributed by atoms with van der Waals surface area (Å²) in [6.07, 6.45) is 3.51. The number of nitrogens with zero attached hydrogens (tertiary/aromatic N) is 3. The molecule has 0 fully saturated rings. The first-order valence-electron chi connectivity index (χ1n) is 7.67. The fraction of sp³-hybridized carbons (Fsp3) is 0.294. The van der Waals surface area contributed by atoms with Gasteiger partial charge in [0.1, 0.15) is 0 Å². The van der Waals surface area contributed by atoms with Crippen LogP contribution in [-0.2, 0) is 17.9 Å². The van der Waals surface area contributed by atoms with E-state index in [-0.39, 0.29) is 17.9 Å². The summed E-state index contributed by atoms with van der Waals surface area (Å²) in [5.41, 5.74) is 1.56. The number of carbonyl (C=O) groups is 1. The lowest BCUT2D eigenvalue weighted by atomic mass is 10.1. The Kier molecular flexibility index (Phi) is 4.71. The van der Waals surface area contributed by atoms with Gasteiger partial charge in [0.05, 0.1) is 28.8 Å². The van der Waals surface area contributed by atoms with E-state index in [9.17, 15) is 9.59 Å². The van der Waals surface area contributed by atoms with Crippen molar-refractivity contribution in [2.45, 2.75) is 33.4 Å². The van der Waals surface area contributed by atoms with Gasteiger partial charge in [-0.05, 0) is 25.5 Å². The summed E-state index contributed by atoms with van der Waals surface area (Å²) >= 11 is 1.56. The predicted molar refractivity (Wildman–Crippen MR) is 94.1 cm³/mol. The number of nitrogens with one attached hydrogen (secondary N) is 1. The van der Waals surface area contributed by atoms with Crippen LogP contribution in [-0.4, -0.2) is 20.4 Å². The Bertz CT molecular complexity index is 945. The molecule has 0 aliphatic rings. The molecular weight excluding hydrogens is 324 g/mol. The van der Waals surface area contributed by atoms with Crippen molar-refractivity contribution >= 4 is 28.1 Å². The molecule has 0 aliphatic carbocycles. The predicted octanol–water partition coefficient (Wildman–Crippen LogP) is 2.18. The smallest absolute Gasteiger partial charge is 0.261 e. The van der Waals surface area contributed by atoms with Crippen LogP contribution in [0.3, 0.4) is 0 Å². The van der Waals surface area contributed by atoms with Crippen LogP contribution in [0.15, 0.2) is 35.5 Å². The van der Waals surface area contributed by atoms with Crippen molar-refractivity contribution in [3.8, 4) is 0 Å². The number of amides is 1. The minimum atomic E-state index is -0.116. The van der Waals surface area contributed by atoms with Gasteiger partial charge in [-0.25, -0.2) is 9.97 Å². The van der Waals surface area contributed by atoms with Gasteiger partial charge in [-0.3, -0.25) is 14.2 Å². The Labute approximate surface area is 143 Å². The maximum atomic E-state index is 12.5. The summed E-state index contributed by atoms with van der Waals surface area (Å²) < 4.78 is 1.48. The third-order valence-electron chi connectivity index (χ3n) is 3.76. The van der Waals surface area contributed by atoms with Crippen LogP contribution in [0.4, 0.5) is 0 Å². The molecule has 1 aromatic carbocycles. The zero-order valence-electron chi connectivity index (χ0n) is 13.6. The number of fused-ring (bicyclic) bond motifs is 1. The Morgan fingerprint density at radius 1 is 1.29 bits per heavy atom. The number of carbonyl (C=O) groups excluding carboxylic acids is 1. The highest BCUT2D eigenvalue weighted by molar-refractivity contribution is 7.11. The molecule has 6 nitrogen and oxygen atoms in total. The fourth-order valence-electron chi connectivity index (χ4n) is 2.48. The molecule has 0 unspecified atom stereocenters. The van der Waals surface area contributed by atoms with E-state index < -0.39 is 0 Å². The Balaban J connectivity index is 1.64. The van der Waals surface area contributed by atoms with Crippen molar-refractivity contribution in [3.63, 3.8) is 0 Å². The van der Waals surface area contributed by atoms with Gasteiger partial charge in [0.2, 0.25) is 5.91 Å². The van der Waals surface area contributed by atoms with E-state index in [1.54, 1.807) is 23.6 Å². The lowest BCUT2D eigenvalue weighted by Gasteiger charge is -2.08. The van der Waals surface area contributed by atoms with E-state index >= 15 is 0 Å². The van der Waals surface area contributed by atoms with Crippen molar-refractivity contribution in [1.29, 1.82) is 0 Å². The van der Waals surface area contributed by atoms with Crippen LogP contribution in [0.25, 0.3) is 10.9 Å². The first-order chi connectivity index (χ1) is 11.5. The fourth-order valence-corrected chi connectivity index (χ4v) is 3.21. The van der Waals surface area contributed by atoms with E-state index in [4.69, 9.17) is 0 Å². The van der Waals surface area contributed by atoms with Crippen molar-refractivity contribution < 1.29 is 4.79 Å². The van der Waals surface area contributed by atoms with Crippen LogP contribution in [0.5, 0.6) is 0 Å². The lowest BCUT2D eigenvalue weighted by Crippen LogP contribution is -2.27. The Hall–Kier alpha value is -2.54. The van der Waals surface area contributed by atoms with Gasteiger partial charge in [0.15, 0.2) is 0 Å². The third-order valence-corrected chi connectivity index (χ3v) is 4.68. The summed E-state index contributed by atoms with van der Waals surface area (Å²) in [6, 6.07) is 5.53. The van der Waals surface area contributed by atoms with Crippen LogP contribution in [0, 0.1) is 13.8 Å². The Morgan fingerprint density at radius 2 is 2.12 bits per heavy atom. The lowest BCUT2D eigenvalue weighted by molar-refractivity contribution is -0.121. The number of hydrogen-bond donors (Lipinski definition) is 1. The molecule has 0 aliphatic heterocycles. The molecule has 1 N–H and O–H groups in total. The van der Waals surface area contributed by atoms with E-state index in [2.05, 4.69) is 15.3 Å². The first kappa shape index (κ1) is 16.3. The molecule has 0 radical (unpaired) electrons. The molecule has 0 saturated heterocycles. The highest BCUT2D eigenvalue weighted by atomic mass is 32.1. The number of aryl methyl sites for hydroxylation is 3. The average molecular weight is 342 g/mol. The summed E-state index contributed by atoms with van der Waals surface area (Å²) in [6.45, 7) is 4.63. The maximum absolute atomic E-state index is 12.5. The molecule has 2 aromatic heterocycles. The SMILES string of the molecule is Cc1ncc(CNC(=O)CCn2cnc3c(C)cccc3c2=O)s1. The number of benzene rings is 1. The summed E-state index contributed by atoms with van der Waals surface area (Å²) in [5.74, 6) is -0.0997. The van der Waals surface area contributed by atoms with E-state index in [1.165, 1.54) is 10.9 Å². The molecule has 0 bridgehead atoms. The topological polar surface area (TPSA) is 76.9 Å². The molecule has 1 amide bonds. The minimum absolute atomic E-state index is 0.0997. The van der Waals surface area contributed by atoms with Crippen molar-refractivity contribution in [2.24, 2.45) is 0 Å². The standard InChI is InChI=1S/C17H18N4O2S/c1-11-4-3-5-14-16(11)20-10-21(17(14)23)7-6-15(22)19-9-13-8-18-12(2)24-13/h3-5,8,10H,6-7,9H2,1-2H3,(H,19,22). The van der Waals surface area contributed by atoms with Gasteiger partial charge >= 0.3 is 0 Å². The molecular formula is C17H18N4O2S. The van der Waals surface area contributed by atoms with Crippen LogP contribution in [0.2, 0.25) is 0 Å². The number of hydrogen-bond acceptors (Lipinski definition) is 5. The van der Waals surface area contributed by atoms with Crippen molar-refractivity contribution in [1.82, 2.24) is 19.9 Å². The minimum Gasteiger partial charge on any atom is -0.351 e. The maximum Gasteiger partial charge on any atom is 0.261 e. The number of thiazole rings is 1. The van der Waals surface area contributed by atoms with Crippen LogP contribution >= 0.6 is 11.3 Å². The number of rotatable bonds is 5. The molecule has 124 valence electrons. The van der Waals surface area contributed by atoms with Crippen LogP contribution in [0.1, 0.15) is 21.9 Å². The summed E-state index contributed by atoms with van der Waals surface area (Å²) in [7, 11) is 0. The average Bonchev–Trinajstić information content (AvgIpc) is 2.98. The molecule has 2 heterocycles. The molecule has 0 atom stereocenters. The first-order valence-corrected chi connectivity index (χ1v) is 8.49. The highest BCUT2D eigenvalue weighted by Gasteiger charge is 2.08. The largest absolute Gasteiger partial charge is 0.351 e. The van der Waals surface area contributed by atoms with Crippen LogP contribution < -0.4 is 10.9 Å². The monoisotopic (exact) mass is 342 g/mol. The normalized spacial score (nSPS) is 10.9. The molecule has 0 spiro atoms. The van der Waals surface area contributed by atoms with Gasteiger partial charge < -0.3 is 5.32 Å². The number of para-hydroxylation sites is 1. The van der Waals surface area contributed by atoms with Gasteiger partial charge in [-0.1, -0.05) is 12.1 Å². The molecule has 3 rings (SSSR count). The van der Waals surface area contributed by atoms with Gasteiger partial charge in [-0.2, -0.15) is 0 Å². The number of aromatic nitrogens is 3. The van der Waals surface area contributed by atoms with E-state index in [0.717, 1.165) is 15.4 Å². The second-order valence-electron chi connectivity index (χ2n) is 5.59. The van der Waals surface area contributed by atoms with E-state index in [1.807, 2.05) is 26.0 Å². The van der Waals surface area contributed by atoms with Gasteiger partial charge in [-0.15, -0.1) is 11.3 Å². The quantitative estimate of drug-likeness (QED) is 0.771. The van der Waals surface area contributed by atoms with Gasteiger partial charge in [0.25, 0.3) is 5.56 Å². The third kappa shape index (κ3) is 3.51. The zero-order valence-corrected chi connectivity index (χ0v) is 14.4. The molecule has 0 saturated carbocycles. The van der Waals surface area contributed by atoms with Crippen molar-refractivity contribution in [2.75, 3.05) is 0 Å². The van der Waals surface area contributed by atoms with Crippen molar-refractivity contribution in [3.05, 3.63) is 56.5 Å². The summed E-state index contributed by atoms with van der Waals surface area (Å²) in [5, 5.41) is 4.40.